The summed E-state index contributed by atoms with van der Waals surface area (Å²) in [5, 5.41) is 13.6. The summed E-state index contributed by atoms with van der Waals surface area (Å²) in [6.07, 6.45) is 5.32. The second-order valence-electron chi connectivity index (χ2n) is 8.37. The predicted octanol–water partition coefficient (Wildman–Crippen LogP) is -0.216. The summed E-state index contributed by atoms with van der Waals surface area (Å²) in [6, 6.07) is 5.93. The Balaban J connectivity index is 1.34. The molecule has 0 aliphatic carbocycles. The highest BCUT2D eigenvalue weighted by atomic mass is 32.2. The van der Waals surface area contributed by atoms with Crippen molar-refractivity contribution in [1.29, 1.82) is 0 Å². The van der Waals surface area contributed by atoms with Crippen molar-refractivity contribution in [3.63, 3.8) is 0 Å². The summed E-state index contributed by atoms with van der Waals surface area (Å²) in [7, 11) is -1.61. The highest BCUT2D eigenvalue weighted by Gasteiger charge is 2.37. The van der Waals surface area contributed by atoms with Gasteiger partial charge in [-0.15, -0.1) is 0 Å². The van der Waals surface area contributed by atoms with Gasteiger partial charge in [0.15, 0.2) is 0 Å². The number of amides is 1. The molecule has 1 aromatic carbocycles. The molecule has 2 N–H and O–H groups in total. The Bertz CT molecular complexity index is 1040. The average Bonchev–Trinajstić information content (AvgIpc) is 3.21. The van der Waals surface area contributed by atoms with Gasteiger partial charge in [-0.25, -0.2) is 13.4 Å². The largest absolute Gasteiger partial charge is 0.386 e. The van der Waals surface area contributed by atoms with Crippen molar-refractivity contribution in [1.82, 2.24) is 24.5 Å². The van der Waals surface area contributed by atoms with Gasteiger partial charge in [0.05, 0.1) is 11.1 Å². The number of benzene rings is 1. The molecule has 1 atom stereocenters. The minimum atomic E-state index is -3.58. The van der Waals surface area contributed by atoms with E-state index in [1.54, 1.807) is 18.6 Å². The maximum absolute atomic E-state index is 12.8. The molecule has 11 heteroatoms. The molecule has 0 bridgehead atoms. The standard InChI is InChI=1S/C21H28N6O4S/c1-25-10-12-27(13-11-25)32(30,31)18-4-2-17(3-5-18)20(28)24-15-21(29)6-9-26(16-21)19-14-22-7-8-23-19/h2-5,7-8,14,29H,6,9-13,15-16H2,1H3,(H,24,28). The fourth-order valence-corrected chi connectivity index (χ4v) is 5.38. The third-order valence-corrected chi connectivity index (χ3v) is 7.91. The summed E-state index contributed by atoms with van der Waals surface area (Å²) in [5.74, 6) is 0.326. The third kappa shape index (κ3) is 4.90. The number of rotatable bonds is 6. The molecule has 3 heterocycles. The highest BCUT2D eigenvalue weighted by molar-refractivity contribution is 7.89. The van der Waals surface area contributed by atoms with E-state index in [1.807, 2.05) is 11.9 Å². The molecule has 0 saturated carbocycles. The lowest BCUT2D eigenvalue weighted by atomic mass is 10.0. The van der Waals surface area contributed by atoms with E-state index >= 15 is 0 Å². The number of carbonyl (C=O) groups excluding carboxylic acids is 1. The lowest BCUT2D eigenvalue weighted by Crippen LogP contribution is -2.47. The molecule has 0 spiro atoms. The topological polar surface area (TPSA) is 119 Å². The number of sulfonamides is 1. The molecule has 2 saturated heterocycles. The Morgan fingerprint density at radius 2 is 1.84 bits per heavy atom. The Hall–Kier alpha value is -2.60. The maximum Gasteiger partial charge on any atom is 0.251 e. The third-order valence-electron chi connectivity index (χ3n) is 6.00. The molecule has 2 fully saturated rings. The van der Waals surface area contributed by atoms with E-state index in [-0.39, 0.29) is 17.3 Å². The van der Waals surface area contributed by atoms with Crippen LogP contribution < -0.4 is 10.2 Å². The molecular weight excluding hydrogens is 432 g/mol. The van der Waals surface area contributed by atoms with Crippen LogP contribution in [0.25, 0.3) is 0 Å². The maximum atomic E-state index is 12.8. The van der Waals surface area contributed by atoms with Gasteiger partial charge in [0.1, 0.15) is 11.4 Å². The van der Waals surface area contributed by atoms with Crippen molar-refractivity contribution in [2.45, 2.75) is 16.9 Å². The van der Waals surface area contributed by atoms with Crippen LogP contribution in [0.5, 0.6) is 0 Å². The summed E-state index contributed by atoms with van der Waals surface area (Å²) >= 11 is 0. The van der Waals surface area contributed by atoms with Crippen molar-refractivity contribution >= 4 is 21.7 Å². The molecule has 2 aliphatic rings. The molecule has 1 unspecified atom stereocenters. The molecule has 4 rings (SSSR count). The summed E-state index contributed by atoms with van der Waals surface area (Å²) in [5.41, 5.74) is -0.729. The lowest BCUT2D eigenvalue weighted by Gasteiger charge is -2.31. The molecule has 2 aromatic rings. The number of nitrogens with one attached hydrogen (secondary N) is 1. The average molecular weight is 461 g/mol. The molecule has 2 aliphatic heterocycles. The van der Waals surface area contributed by atoms with Crippen LogP contribution in [0.1, 0.15) is 16.8 Å². The van der Waals surface area contributed by atoms with Gasteiger partial charge in [-0.2, -0.15) is 4.31 Å². The van der Waals surface area contributed by atoms with Crippen LogP contribution in [0.2, 0.25) is 0 Å². The van der Waals surface area contributed by atoms with Gasteiger partial charge in [0.25, 0.3) is 5.91 Å². The highest BCUT2D eigenvalue weighted by Crippen LogP contribution is 2.24. The Labute approximate surface area is 187 Å². The molecular formula is C21H28N6O4S. The van der Waals surface area contributed by atoms with E-state index in [0.29, 0.717) is 57.1 Å². The number of hydrogen-bond acceptors (Lipinski definition) is 8. The van der Waals surface area contributed by atoms with Gasteiger partial charge in [-0.3, -0.25) is 9.78 Å². The van der Waals surface area contributed by atoms with Crippen molar-refractivity contribution < 1.29 is 18.3 Å². The van der Waals surface area contributed by atoms with E-state index in [4.69, 9.17) is 0 Å². The lowest BCUT2D eigenvalue weighted by molar-refractivity contribution is 0.0575. The zero-order valence-corrected chi connectivity index (χ0v) is 18.8. The fourth-order valence-electron chi connectivity index (χ4n) is 3.95. The van der Waals surface area contributed by atoms with E-state index in [9.17, 15) is 18.3 Å². The summed E-state index contributed by atoms with van der Waals surface area (Å²) in [6.45, 7) is 3.33. The van der Waals surface area contributed by atoms with Crippen LogP contribution in [0.4, 0.5) is 5.82 Å². The first kappa shape index (κ1) is 22.6. The Kier molecular flexibility index (Phi) is 6.42. The minimum Gasteiger partial charge on any atom is -0.386 e. The van der Waals surface area contributed by atoms with Crippen LogP contribution in [-0.2, 0) is 10.0 Å². The Morgan fingerprint density at radius 3 is 2.50 bits per heavy atom. The summed E-state index contributed by atoms with van der Waals surface area (Å²) in [4.78, 5) is 25.0. The van der Waals surface area contributed by atoms with E-state index in [0.717, 1.165) is 0 Å². The molecule has 10 nitrogen and oxygen atoms in total. The first-order chi connectivity index (χ1) is 15.3. The predicted molar refractivity (Wildman–Crippen MR) is 119 cm³/mol. The Morgan fingerprint density at radius 1 is 1.12 bits per heavy atom. The van der Waals surface area contributed by atoms with Crippen LogP contribution >= 0.6 is 0 Å². The zero-order chi connectivity index (χ0) is 22.8. The van der Waals surface area contributed by atoms with Gasteiger partial charge in [0.2, 0.25) is 10.0 Å². The molecule has 172 valence electrons. The van der Waals surface area contributed by atoms with Crippen molar-refractivity contribution in [2.24, 2.45) is 0 Å². The van der Waals surface area contributed by atoms with Gasteiger partial charge in [-0.05, 0) is 37.7 Å². The molecule has 32 heavy (non-hydrogen) atoms. The smallest absolute Gasteiger partial charge is 0.251 e. The van der Waals surface area contributed by atoms with Crippen LogP contribution in [0, 0.1) is 0 Å². The van der Waals surface area contributed by atoms with E-state index < -0.39 is 15.6 Å². The van der Waals surface area contributed by atoms with Gasteiger partial charge >= 0.3 is 0 Å². The quantitative estimate of drug-likeness (QED) is 0.608. The monoisotopic (exact) mass is 460 g/mol. The normalized spacial score (nSPS) is 22.8. The second kappa shape index (κ2) is 9.10. The van der Waals surface area contributed by atoms with E-state index in [2.05, 4.69) is 20.2 Å². The number of anilines is 1. The molecule has 0 radical (unpaired) electrons. The van der Waals surface area contributed by atoms with Crippen molar-refractivity contribution in [2.75, 3.05) is 57.8 Å². The first-order valence-electron chi connectivity index (χ1n) is 10.6. The minimum absolute atomic E-state index is 0.0872. The fraction of sp³-hybridized carbons (Fsp3) is 0.476. The first-order valence-corrected chi connectivity index (χ1v) is 12.0. The number of hydrogen-bond donors (Lipinski definition) is 2. The van der Waals surface area contributed by atoms with Gasteiger partial charge in [0, 0.05) is 63.8 Å². The van der Waals surface area contributed by atoms with Gasteiger partial charge < -0.3 is 20.2 Å². The number of aromatic nitrogens is 2. The number of nitrogens with zero attached hydrogens (tertiary/aromatic N) is 5. The molecule has 1 amide bonds. The van der Waals surface area contributed by atoms with Crippen LogP contribution in [0.15, 0.2) is 47.8 Å². The zero-order valence-electron chi connectivity index (χ0n) is 18.0. The summed E-state index contributed by atoms with van der Waals surface area (Å²) < 4.78 is 27.1. The number of β-amino-alcohol motifs (C(OH)–C–C–N with tert-alkyl or cyclic N) is 1. The number of piperazine rings is 1. The van der Waals surface area contributed by atoms with Crippen LogP contribution in [0.3, 0.4) is 0 Å². The second-order valence-corrected chi connectivity index (χ2v) is 10.3. The number of aliphatic hydroxyl groups is 1. The van der Waals surface area contributed by atoms with Gasteiger partial charge in [-0.1, -0.05) is 0 Å². The van der Waals surface area contributed by atoms with Crippen molar-refractivity contribution in [3.05, 3.63) is 48.4 Å². The van der Waals surface area contributed by atoms with Crippen molar-refractivity contribution in [3.8, 4) is 0 Å². The number of likely N-dealkylation sites (N-methyl/N-ethyl adjacent to an activating group) is 1. The molecule has 1 aromatic heterocycles. The van der Waals surface area contributed by atoms with E-state index in [1.165, 1.54) is 28.6 Å². The van der Waals surface area contributed by atoms with Crippen LogP contribution in [-0.4, -0.2) is 97.1 Å². The SMILES string of the molecule is CN1CCN(S(=O)(=O)c2ccc(C(=O)NCC3(O)CCN(c4cnccn4)C3)cc2)CC1. The number of carbonyl (C=O) groups is 1.